The van der Waals surface area contributed by atoms with Crippen LogP contribution in [0.5, 0.6) is 0 Å². The first-order valence-corrected chi connectivity index (χ1v) is 8.01. The highest BCUT2D eigenvalue weighted by atomic mass is 16.5. The lowest BCUT2D eigenvalue weighted by Crippen LogP contribution is -2.42. The molecule has 24 heavy (non-hydrogen) atoms. The molecule has 0 saturated carbocycles. The van der Waals surface area contributed by atoms with Crippen LogP contribution in [0.4, 0.5) is 5.95 Å². The SMILES string of the molecule is Cc1ccc(-c2ccc3cnc(N[C@@H]4CCOC[C@H]4O)nn23)nc1. The van der Waals surface area contributed by atoms with Crippen molar-refractivity contribution in [2.75, 3.05) is 18.5 Å². The lowest BCUT2D eigenvalue weighted by molar-refractivity contribution is -0.0136. The first-order valence-electron chi connectivity index (χ1n) is 8.01. The second-order valence-electron chi connectivity index (χ2n) is 6.04. The van der Waals surface area contributed by atoms with Crippen LogP contribution in [0.25, 0.3) is 16.9 Å². The summed E-state index contributed by atoms with van der Waals surface area (Å²) in [6, 6.07) is 7.85. The third-order valence-corrected chi connectivity index (χ3v) is 4.21. The number of aliphatic hydroxyl groups excluding tert-OH is 1. The highest BCUT2D eigenvalue weighted by Gasteiger charge is 2.24. The van der Waals surface area contributed by atoms with E-state index in [1.807, 2.05) is 41.9 Å². The van der Waals surface area contributed by atoms with Gasteiger partial charge < -0.3 is 15.2 Å². The standard InChI is InChI=1S/C17H19N5O2/c1-11-2-4-13(18-8-11)15-5-3-12-9-19-17(21-22(12)15)20-14-6-7-24-10-16(14)23/h2-5,8-9,14,16,23H,6-7,10H2,1H3,(H,20,21)/t14-,16-/m1/s1. The van der Waals surface area contributed by atoms with Gasteiger partial charge in [-0.15, -0.1) is 5.10 Å². The fourth-order valence-electron chi connectivity index (χ4n) is 2.84. The molecule has 1 aliphatic heterocycles. The van der Waals surface area contributed by atoms with E-state index in [0.29, 0.717) is 19.2 Å². The molecule has 0 aliphatic carbocycles. The molecular formula is C17H19N5O2. The molecule has 0 amide bonds. The molecule has 2 N–H and O–H groups in total. The Morgan fingerprint density at radius 1 is 1.21 bits per heavy atom. The van der Waals surface area contributed by atoms with Gasteiger partial charge in [0.1, 0.15) is 0 Å². The predicted molar refractivity (Wildman–Crippen MR) is 89.8 cm³/mol. The molecule has 7 heteroatoms. The number of ether oxygens (including phenoxy) is 1. The summed E-state index contributed by atoms with van der Waals surface area (Å²) in [5, 5.41) is 17.8. The zero-order valence-electron chi connectivity index (χ0n) is 13.4. The van der Waals surface area contributed by atoms with Crippen LogP contribution in [0.15, 0.2) is 36.7 Å². The highest BCUT2D eigenvalue weighted by Crippen LogP contribution is 2.21. The van der Waals surface area contributed by atoms with Crippen molar-refractivity contribution in [2.24, 2.45) is 0 Å². The maximum atomic E-state index is 10.0. The number of nitrogens with zero attached hydrogens (tertiary/aromatic N) is 4. The van der Waals surface area contributed by atoms with Crippen LogP contribution in [-0.4, -0.2) is 50.0 Å². The number of fused-ring (bicyclic) bond motifs is 1. The number of nitrogens with one attached hydrogen (secondary N) is 1. The molecule has 2 atom stereocenters. The van der Waals surface area contributed by atoms with Crippen molar-refractivity contribution in [2.45, 2.75) is 25.5 Å². The number of aromatic nitrogens is 4. The van der Waals surface area contributed by atoms with Crippen LogP contribution >= 0.6 is 0 Å². The van der Waals surface area contributed by atoms with E-state index in [9.17, 15) is 5.11 Å². The first-order chi connectivity index (χ1) is 11.7. The van der Waals surface area contributed by atoms with Crippen LogP contribution in [0.3, 0.4) is 0 Å². The van der Waals surface area contributed by atoms with Gasteiger partial charge in [-0.3, -0.25) is 4.98 Å². The smallest absolute Gasteiger partial charge is 0.241 e. The maximum Gasteiger partial charge on any atom is 0.241 e. The Hall–Kier alpha value is -2.51. The number of rotatable bonds is 3. The molecular weight excluding hydrogens is 306 g/mol. The second kappa shape index (κ2) is 6.18. The number of hydrogen-bond acceptors (Lipinski definition) is 6. The molecule has 3 aromatic rings. The normalized spacial score (nSPS) is 21.1. The lowest BCUT2D eigenvalue weighted by Gasteiger charge is -2.28. The van der Waals surface area contributed by atoms with Crippen molar-refractivity contribution >= 4 is 11.5 Å². The van der Waals surface area contributed by atoms with Crippen LogP contribution in [0.1, 0.15) is 12.0 Å². The van der Waals surface area contributed by atoms with Gasteiger partial charge in [0, 0.05) is 12.8 Å². The van der Waals surface area contributed by atoms with E-state index in [-0.39, 0.29) is 6.04 Å². The van der Waals surface area contributed by atoms with Crippen molar-refractivity contribution in [1.82, 2.24) is 19.6 Å². The molecule has 0 spiro atoms. The van der Waals surface area contributed by atoms with Gasteiger partial charge in [-0.2, -0.15) is 0 Å². The summed E-state index contributed by atoms with van der Waals surface area (Å²) in [5.41, 5.74) is 3.77. The van der Waals surface area contributed by atoms with E-state index < -0.39 is 6.10 Å². The molecule has 7 nitrogen and oxygen atoms in total. The molecule has 0 unspecified atom stereocenters. The average molecular weight is 325 g/mol. The van der Waals surface area contributed by atoms with Gasteiger partial charge in [-0.05, 0) is 37.1 Å². The summed E-state index contributed by atoms with van der Waals surface area (Å²) in [5.74, 6) is 0.484. The highest BCUT2D eigenvalue weighted by molar-refractivity contribution is 5.63. The maximum absolute atomic E-state index is 10.0. The quantitative estimate of drug-likeness (QED) is 0.762. The monoisotopic (exact) mass is 325 g/mol. The summed E-state index contributed by atoms with van der Waals surface area (Å²) in [7, 11) is 0. The molecule has 0 radical (unpaired) electrons. The Morgan fingerprint density at radius 2 is 2.12 bits per heavy atom. The van der Waals surface area contributed by atoms with Crippen molar-refractivity contribution < 1.29 is 9.84 Å². The van der Waals surface area contributed by atoms with E-state index >= 15 is 0 Å². The Labute approximate surface area is 139 Å². The van der Waals surface area contributed by atoms with E-state index in [1.54, 1.807) is 6.20 Å². The average Bonchev–Trinajstić information content (AvgIpc) is 3.01. The Balaban J connectivity index is 1.66. The molecule has 0 aromatic carbocycles. The van der Waals surface area contributed by atoms with Crippen LogP contribution in [-0.2, 0) is 4.74 Å². The van der Waals surface area contributed by atoms with E-state index in [1.165, 1.54) is 0 Å². The minimum Gasteiger partial charge on any atom is -0.389 e. The number of hydrogen-bond donors (Lipinski definition) is 2. The summed E-state index contributed by atoms with van der Waals surface area (Å²) < 4.78 is 7.07. The van der Waals surface area contributed by atoms with E-state index in [4.69, 9.17) is 4.74 Å². The largest absolute Gasteiger partial charge is 0.389 e. The fourth-order valence-corrected chi connectivity index (χ4v) is 2.84. The minimum atomic E-state index is -0.555. The third kappa shape index (κ3) is 2.83. The number of anilines is 1. The molecule has 4 rings (SSSR count). The number of aryl methyl sites for hydroxylation is 1. The van der Waals surface area contributed by atoms with Gasteiger partial charge >= 0.3 is 0 Å². The van der Waals surface area contributed by atoms with E-state index in [0.717, 1.165) is 28.9 Å². The van der Waals surface area contributed by atoms with Crippen molar-refractivity contribution in [3.8, 4) is 11.4 Å². The van der Waals surface area contributed by atoms with Crippen molar-refractivity contribution in [1.29, 1.82) is 0 Å². The molecule has 124 valence electrons. The Kier molecular flexibility index (Phi) is 3.87. The second-order valence-corrected chi connectivity index (χ2v) is 6.04. The third-order valence-electron chi connectivity index (χ3n) is 4.21. The Morgan fingerprint density at radius 3 is 2.92 bits per heavy atom. The van der Waals surface area contributed by atoms with Gasteiger partial charge in [0.15, 0.2) is 0 Å². The summed E-state index contributed by atoms with van der Waals surface area (Å²) >= 11 is 0. The van der Waals surface area contributed by atoms with Crippen LogP contribution in [0, 0.1) is 6.92 Å². The topological polar surface area (TPSA) is 84.6 Å². The molecule has 1 fully saturated rings. The molecule has 1 saturated heterocycles. The number of aliphatic hydroxyl groups is 1. The first kappa shape index (κ1) is 15.0. The van der Waals surface area contributed by atoms with Gasteiger partial charge in [-0.1, -0.05) is 6.07 Å². The van der Waals surface area contributed by atoms with Gasteiger partial charge in [0.05, 0.1) is 41.9 Å². The van der Waals surface area contributed by atoms with Gasteiger partial charge in [0.2, 0.25) is 5.95 Å². The molecule has 0 bridgehead atoms. The zero-order chi connectivity index (χ0) is 16.5. The molecule has 4 heterocycles. The number of pyridine rings is 1. The summed E-state index contributed by atoms with van der Waals surface area (Å²) in [6.45, 7) is 2.97. The van der Waals surface area contributed by atoms with Crippen LogP contribution in [0.2, 0.25) is 0 Å². The molecule has 1 aliphatic rings. The van der Waals surface area contributed by atoms with Crippen molar-refractivity contribution in [3.63, 3.8) is 0 Å². The van der Waals surface area contributed by atoms with Gasteiger partial charge in [0.25, 0.3) is 0 Å². The van der Waals surface area contributed by atoms with Crippen molar-refractivity contribution in [3.05, 3.63) is 42.2 Å². The van der Waals surface area contributed by atoms with Crippen LogP contribution < -0.4 is 5.32 Å². The van der Waals surface area contributed by atoms with E-state index in [2.05, 4.69) is 20.4 Å². The minimum absolute atomic E-state index is 0.104. The Bertz CT molecular complexity index is 846. The summed E-state index contributed by atoms with van der Waals surface area (Å²) in [4.78, 5) is 8.81. The fraction of sp³-hybridized carbons (Fsp3) is 0.353. The van der Waals surface area contributed by atoms with Gasteiger partial charge in [-0.25, -0.2) is 9.50 Å². The lowest BCUT2D eigenvalue weighted by atomic mass is 10.1. The molecule has 3 aromatic heterocycles. The predicted octanol–water partition coefficient (Wildman–Crippen LogP) is 1.66. The zero-order valence-corrected chi connectivity index (χ0v) is 13.4. The summed E-state index contributed by atoms with van der Waals surface area (Å²) in [6.07, 6.45) is 3.77.